The van der Waals surface area contributed by atoms with E-state index >= 15 is 0 Å². The quantitative estimate of drug-likeness (QED) is 0.426. The van der Waals surface area contributed by atoms with Gasteiger partial charge in [-0.1, -0.05) is 0 Å². The number of aliphatic carboxylic acids is 1. The zero-order chi connectivity index (χ0) is 7.28. The predicted octanol–water partition coefficient (Wildman–Crippen LogP) is -1.69. The number of carbonyl (C=O) groups is 2. The van der Waals surface area contributed by atoms with Gasteiger partial charge in [0.1, 0.15) is 0 Å². The van der Waals surface area contributed by atoms with Crippen LogP contribution in [0.2, 0.25) is 0 Å². The first-order chi connectivity index (χ1) is 4.16. The fourth-order valence-corrected chi connectivity index (χ4v) is 0.201. The number of hydrogen-bond donors (Lipinski definition) is 3. The van der Waals surface area contributed by atoms with E-state index in [2.05, 4.69) is 0 Å². The second-order valence-electron chi connectivity index (χ2n) is 1.25. The van der Waals surface area contributed by atoms with E-state index in [4.69, 9.17) is 10.8 Å². The summed E-state index contributed by atoms with van der Waals surface area (Å²) in [6.45, 7) is 0.430. The molecule has 0 aromatic carbocycles. The van der Waals surface area contributed by atoms with E-state index in [-0.39, 0.29) is 6.54 Å². The van der Waals surface area contributed by atoms with Crippen molar-refractivity contribution in [1.82, 2.24) is 5.32 Å². The van der Waals surface area contributed by atoms with E-state index in [1.807, 2.05) is 5.32 Å². The molecular formula is C4H7N2O3. The lowest BCUT2D eigenvalue weighted by Gasteiger charge is -1.94. The molecule has 0 aromatic rings. The van der Waals surface area contributed by atoms with Gasteiger partial charge in [0, 0.05) is 0 Å². The Balaban J connectivity index is 3.28. The van der Waals surface area contributed by atoms with E-state index in [9.17, 15) is 9.59 Å². The molecule has 0 saturated carbocycles. The van der Waals surface area contributed by atoms with Crippen molar-refractivity contribution in [2.75, 3.05) is 6.54 Å². The molecule has 9 heavy (non-hydrogen) atoms. The van der Waals surface area contributed by atoms with Gasteiger partial charge in [-0.15, -0.1) is 0 Å². The fourth-order valence-electron chi connectivity index (χ4n) is 0.201. The first kappa shape index (κ1) is 7.90. The van der Waals surface area contributed by atoms with Crippen molar-refractivity contribution in [2.45, 2.75) is 0 Å². The number of hydrogen-bond acceptors (Lipinski definition) is 3. The normalized spacial score (nSPS) is 8.56. The van der Waals surface area contributed by atoms with Crippen LogP contribution in [0.1, 0.15) is 0 Å². The van der Waals surface area contributed by atoms with Crippen LogP contribution in [0.25, 0.3) is 0 Å². The summed E-state index contributed by atoms with van der Waals surface area (Å²) in [7, 11) is 0. The van der Waals surface area contributed by atoms with Gasteiger partial charge in [0.2, 0.25) is 5.91 Å². The molecular weight excluding hydrogens is 124 g/mol. The summed E-state index contributed by atoms with van der Waals surface area (Å²) in [5, 5.41) is 9.89. The summed E-state index contributed by atoms with van der Waals surface area (Å²) in [5.74, 6) is -1.71. The van der Waals surface area contributed by atoms with Crippen LogP contribution in [0.15, 0.2) is 0 Å². The largest absolute Gasteiger partial charge is 0.480 e. The molecule has 0 saturated heterocycles. The SMILES string of the molecule is NCC(=O)N[CH]C(=O)O. The van der Waals surface area contributed by atoms with Crippen molar-refractivity contribution >= 4 is 11.9 Å². The molecule has 0 bridgehead atoms. The first-order valence-electron chi connectivity index (χ1n) is 2.22. The highest BCUT2D eigenvalue weighted by atomic mass is 16.4. The molecule has 0 unspecified atom stereocenters. The molecule has 0 spiro atoms. The van der Waals surface area contributed by atoms with Crippen LogP contribution in [-0.4, -0.2) is 23.5 Å². The van der Waals surface area contributed by atoms with Crippen molar-refractivity contribution in [3.05, 3.63) is 6.54 Å². The van der Waals surface area contributed by atoms with Crippen molar-refractivity contribution in [1.29, 1.82) is 0 Å². The van der Waals surface area contributed by atoms with Gasteiger partial charge in [0.25, 0.3) is 0 Å². The van der Waals surface area contributed by atoms with Gasteiger partial charge in [0.15, 0.2) is 6.54 Å². The minimum absolute atomic E-state index is 0.205. The number of nitrogens with one attached hydrogen (secondary N) is 1. The lowest BCUT2D eigenvalue weighted by atomic mass is 10.5. The van der Waals surface area contributed by atoms with Crippen LogP contribution in [0.3, 0.4) is 0 Å². The van der Waals surface area contributed by atoms with Gasteiger partial charge in [0.05, 0.1) is 6.54 Å². The maximum absolute atomic E-state index is 10.2. The minimum Gasteiger partial charge on any atom is -0.480 e. The summed E-state index contributed by atoms with van der Waals surface area (Å²) in [6.07, 6.45) is 0. The summed E-state index contributed by atoms with van der Waals surface area (Å²) < 4.78 is 0. The summed E-state index contributed by atoms with van der Waals surface area (Å²) >= 11 is 0. The van der Waals surface area contributed by atoms with Gasteiger partial charge in [-0.3, -0.25) is 4.79 Å². The van der Waals surface area contributed by atoms with Gasteiger partial charge in [-0.2, -0.15) is 0 Å². The zero-order valence-corrected chi connectivity index (χ0v) is 4.63. The van der Waals surface area contributed by atoms with Gasteiger partial charge >= 0.3 is 5.97 Å². The third-order valence-electron chi connectivity index (χ3n) is 0.542. The second kappa shape index (κ2) is 3.85. The molecule has 1 radical (unpaired) electrons. The van der Waals surface area contributed by atoms with Crippen LogP contribution >= 0.6 is 0 Å². The number of nitrogens with two attached hydrogens (primary N) is 1. The Bertz CT molecular complexity index is 123. The second-order valence-corrected chi connectivity index (χ2v) is 1.25. The highest BCUT2D eigenvalue weighted by Crippen LogP contribution is 1.67. The van der Waals surface area contributed by atoms with Gasteiger partial charge in [-0.05, 0) is 0 Å². The maximum atomic E-state index is 10.2. The maximum Gasteiger partial charge on any atom is 0.329 e. The van der Waals surface area contributed by atoms with Crippen LogP contribution in [0, 0.1) is 6.54 Å². The molecule has 0 rings (SSSR count). The highest BCUT2D eigenvalue weighted by Gasteiger charge is 1.99. The topological polar surface area (TPSA) is 92.4 Å². The summed E-state index contributed by atoms with van der Waals surface area (Å²) in [4.78, 5) is 19.9. The Kier molecular flexibility index (Phi) is 3.38. The average molecular weight is 131 g/mol. The molecule has 0 atom stereocenters. The number of carbonyl (C=O) groups excluding carboxylic acids is 1. The van der Waals surface area contributed by atoms with Crippen molar-refractivity contribution in [3.8, 4) is 0 Å². The number of carboxylic acid groups (broad SMARTS) is 1. The molecule has 51 valence electrons. The molecule has 5 nitrogen and oxygen atoms in total. The molecule has 0 aliphatic heterocycles. The third kappa shape index (κ3) is 4.76. The Morgan fingerprint density at radius 2 is 2.22 bits per heavy atom. The molecule has 0 aromatic heterocycles. The molecule has 1 amide bonds. The summed E-state index contributed by atoms with van der Waals surface area (Å²) in [5.41, 5.74) is 4.83. The number of carboxylic acids is 1. The van der Waals surface area contributed by atoms with E-state index in [0.29, 0.717) is 6.54 Å². The minimum atomic E-state index is -1.20. The smallest absolute Gasteiger partial charge is 0.329 e. The average Bonchev–Trinajstić information content (AvgIpc) is 1.83. The Morgan fingerprint density at radius 1 is 1.67 bits per heavy atom. The van der Waals surface area contributed by atoms with Crippen LogP contribution in [0.5, 0.6) is 0 Å². The van der Waals surface area contributed by atoms with Crippen LogP contribution < -0.4 is 11.1 Å². The third-order valence-corrected chi connectivity index (χ3v) is 0.542. The standard InChI is InChI=1S/C4H7N2O3/c5-1-3(7)6-2-4(8)9/h2H,1,5H2,(H,6,7)(H,8,9). The van der Waals surface area contributed by atoms with Crippen LogP contribution in [-0.2, 0) is 9.59 Å². The predicted molar refractivity (Wildman–Crippen MR) is 29.1 cm³/mol. The lowest BCUT2D eigenvalue weighted by molar-refractivity contribution is -0.135. The van der Waals surface area contributed by atoms with E-state index in [1.165, 1.54) is 0 Å². The van der Waals surface area contributed by atoms with Crippen LogP contribution in [0.4, 0.5) is 0 Å². The van der Waals surface area contributed by atoms with E-state index in [0.717, 1.165) is 0 Å². The number of rotatable bonds is 3. The number of amides is 1. The molecule has 0 fully saturated rings. The molecule has 0 aliphatic carbocycles. The molecule has 0 heterocycles. The Labute approximate surface area is 51.8 Å². The zero-order valence-electron chi connectivity index (χ0n) is 4.63. The molecule has 4 N–H and O–H groups in total. The van der Waals surface area contributed by atoms with Gasteiger partial charge in [-0.25, -0.2) is 4.79 Å². The van der Waals surface area contributed by atoms with E-state index in [1.54, 1.807) is 0 Å². The monoisotopic (exact) mass is 131 g/mol. The lowest BCUT2D eigenvalue weighted by Crippen LogP contribution is -2.30. The van der Waals surface area contributed by atoms with Crippen molar-refractivity contribution in [2.24, 2.45) is 5.73 Å². The van der Waals surface area contributed by atoms with Gasteiger partial charge < -0.3 is 16.2 Å². The first-order valence-corrected chi connectivity index (χ1v) is 2.22. The Morgan fingerprint density at radius 3 is 2.56 bits per heavy atom. The molecule has 0 aliphatic rings. The fraction of sp³-hybridized carbons (Fsp3) is 0.250. The Hall–Kier alpha value is -1.10. The van der Waals surface area contributed by atoms with Crippen molar-refractivity contribution in [3.63, 3.8) is 0 Å². The van der Waals surface area contributed by atoms with E-state index < -0.39 is 11.9 Å². The van der Waals surface area contributed by atoms with Crippen molar-refractivity contribution < 1.29 is 14.7 Å². The molecule has 5 heteroatoms. The summed E-state index contributed by atoms with van der Waals surface area (Å²) in [6, 6.07) is 0. The highest BCUT2D eigenvalue weighted by molar-refractivity contribution is 5.86.